The molecule has 1 rings (SSSR count). The predicted octanol–water partition coefficient (Wildman–Crippen LogP) is 3.67. The second-order valence-electron chi connectivity index (χ2n) is 4.23. The fourth-order valence-corrected chi connectivity index (χ4v) is 1.98. The van der Waals surface area contributed by atoms with Gasteiger partial charge in [-0.05, 0) is 24.6 Å². The number of halogens is 4. The maximum Gasteiger partial charge on any atom is 0.573 e. The van der Waals surface area contributed by atoms with Crippen LogP contribution in [0.2, 0.25) is 0 Å². The summed E-state index contributed by atoms with van der Waals surface area (Å²) in [5, 5.41) is 14.3. The first-order chi connectivity index (χ1) is 9.75. The number of nitrogens with zero attached hydrogens (tertiary/aromatic N) is 1. The second-order valence-corrected chi connectivity index (χ2v) is 5.15. The Bertz CT molecular complexity index is 509. The molecule has 118 valence electrons. The highest BCUT2D eigenvalue weighted by atomic mass is 79.9. The fraction of sp³-hybridized carbons (Fsp3) is 0.417. The van der Waals surface area contributed by atoms with Crippen LogP contribution in [0, 0.1) is 0 Å². The molecule has 21 heavy (non-hydrogen) atoms. The first kappa shape index (κ1) is 17.4. The average molecular weight is 370 g/mol. The highest BCUT2D eigenvalue weighted by Gasteiger charge is 2.32. The monoisotopic (exact) mass is 369 g/mol. The van der Waals surface area contributed by atoms with Gasteiger partial charge >= 0.3 is 6.36 Å². The van der Waals surface area contributed by atoms with E-state index >= 15 is 0 Å². The van der Waals surface area contributed by atoms with E-state index in [0.717, 1.165) is 0 Å². The number of alkyl halides is 3. The lowest BCUT2D eigenvalue weighted by Crippen LogP contribution is -2.27. The van der Waals surface area contributed by atoms with Crippen molar-refractivity contribution in [3.8, 4) is 5.75 Å². The van der Waals surface area contributed by atoms with Gasteiger partial charge in [-0.25, -0.2) is 0 Å². The van der Waals surface area contributed by atoms with E-state index < -0.39 is 6.36 Å². The lowest BCUT2D eigenvalue weighted by atomic mass is 10.1. The molecule has 0 saturated heterocycles. The van der Waals surface area contributed by atoms with E-state index in [4.69, 9.17) is 10.9 Å². The zero-order valence-electron chi connectivity index (χ0n) is 11.1. The normalized spacial score (nSPS) is 13.9. The van der Waals surface area contributed by atoms with Crippen LogP contribution in [-0.2, 0) is 0 Å². The highest BCUT2D eigenvalue weighted by Crippen LogP contribution is 2.33. The van der Waals surface area contributed by atoms with E-state index in [1.807, 2.05) is 6.92 Å². The van der Waals surface area contributed by atoms with Gasteiger partial charge in [-0.15, -0.1) is 13.2 Å². The van der Waals surface area contributed by atoms with Gasteiger partial charge in [0.05, 0.1) is 5.69 Å². The molecule has 5 nitrogen and oxygen atoms in total. The summed E-state index contributed by atoms with van der Waals surface area (Å²) in [6.07, 6.45) is -4.03. The van der Waals surface area contributed by atoms with Gasteiger partial charge in [0.2, 0.25) is 0 Å². The standard InChI is InChI=1S/C12H15BrF3N3O2/c1-2-8(6-11(17)19-20)18-9-4-3-7(13)5-10(9)21-12(14,15)16/h3-5,8,18,20H,2,6H2,1H3,(H2,17,19). The Hall–Kier alpha value is -1.64. The molecule has 0 aliphatic rings. The maximum atomic E-state index is 12.4. The average Bonchev–Trinajstić information content (AvgIpc) is 2.38. The van der Waals surface area contributed by atoms with Crippen LogP contribution in [0.5, 0.6) is 5.75 Å². The third-order valence-corrected chi connectivity index (χ3v) is 3.10. The Kier molecular flexibility index (Phi) is 6.13. The number of hydrogen-bond acceptors (Lipinski definition) is 4. The molecule has 0 aliphatic heterocycles. The van der Waals surface area contributed by atoms with Crippen LogP contribution in [0.25, 0.3) is 0 Å². The van der Waals surface area contributed by atoms with E-state index in [1.165, 1.54) is 12.1 Å². The van der Waals surface area contributed by atoms with E-state index in [2.05, 4.69) is 31.1 Å². The fourth-order valence-electron chi connectivity index (χ4n) is 1.64. The molecular weight excluding hydrogens is 355 g/mol. The number of nitrogens with two attached hydrogens (primary N) is 1. The van der Waals surface area contributed by atoms with Crippen molar-refractivity contribution in [3.05, 3.63) is 22.7 Å². The van der Waals surface area contributed by atoms with Gasteiger partial charge in [0.1, 0.15) is 5.84 Å². The van der Waals surface area contributed by atoms with Gasteiger partial charge in [-0.2, -0.15) is 0 Å². The summed E-state index contributed by atoms with van der Waals surface area (Å²) in [6.45, 7) is 1.82. The van der Waals surface area contributed by atoms with Crippen molar-refractivity contribution in [3.63, 3.8) is 0 Å². The molecule has 0 amide bonds. The highest BCUT2D eigenvalue weighted by molar-refractivity contribution is 9.10. The van der Waals surface area contributed by atoms with Crippen LogP contribution in [-0.4, -0.2) is 23.4 Å². The molecule has 0 heterocycles. The second kappa shape index (κ2) is 7.39. The number of nitrogens with one attached hydrogen (secondary N) is 1. The van der Waals surface area contributed by atoms with Crippen molar-refractivity contribution in [1.82, 2.24) is 0 Å². The summed E-state index contributed by atoms with van der Waals surface area (Å²) in [7, 11) is 0. The van der Waals surface area contributed by atoms with Crippen molar-refractivity contribution in [2.45, 2.75) is 32.2 Å². The van der Waals surface area contributed by atoms with Crippen LogP contribution >= 0.6 is 15.9 Å². The smallest absolute Gasteiger partial charge is 0.409 e. The molecule has 0 aromatic heterocycles. The summed E-state index contributed by atoms with van der Waals surface area (Å²) in [5.41, 5.74) is 5.58. The van der Waals surface area contributed by atoms with Crippen molar-refractivity contribution in [2.24, 2.45) is 10.9 Å². The lowest BCUT2D eigenvalue weighted by Gasteiger charge is -2.20. The zero-order valence-corrected chi connectivity index (χ0v) is 12.7. The SMILES string of the molecule is CCC(C/C(N)=N/O)Nc1ccc(Br)cc1OC(F)(F)F. The third-order valence-electron chi connectivity index (χ3n) is 2.61. The van der Waals surface area contributed by atoms with Crippen LogP contribution < -0.4 is 15.8 Å². The van der Waals surface area contributed by atoms with E-state index in [0.29, 0.717) is 10.9 Å². The summed E-state index contributed by atoms with van der Waals surface area (Å²) in [4.78, 5) is 0. The van der Waals surface area contributed by atoms with E-state index in [-0.39, 0.29) is 29.7 Å². The molecule has 1 aromatic rings. The molecule has 0 spiro atoms. The summed E-state index contributed by atoms with van der Waals surface area (Å²) >= 11 is 3.09. The molecular formula is C12H15BrF3N3O2. The molecule has 1 aromatic carbocycles. The number of anilines is 1. The van der Waals surface area contributed by atoms with Gasteiger partial charge in [0.15, 0.2) is 5.75 Å². The minimum absolute atomic E-state index is 0.00949. The largest absolute Gasteiger partial charge is 0.573 e. The minimum Gasteiger partial charge on any atom is -0.409 e. The van der Waals surface area contributed by atoms with E-state index in [1.54, 1.807) is 6.07 Å². The third kappa shape index (κ3) is 6.11. The van der Waals surface area contributed by atoms with Gasteiger partial charge in [0.25, 0.3) is 0 Å². The lowest BCUT2D eigenvalue weighted by molar-refractivity contribution is -0.274. The van der Waals surface area contributed by atoms with Crippen LogP contribution in [0.4, 0.5) is 18.9 Å². The number of rotatable bonds is 6. The van der Waals surface area contributed by atoms with Gasteiger partial charge in [-0.1, -0.05) is 28.0 Å². The number of ether oxygens (including phenoxy) is 1. The van der Waals surface area contributed by atoms with Crippen molar-refractivity contribution in [1.29, 1.82) is 0 Å². The van der Waals surface area contributed by atoms with Crippen molar-refractivity contribution in [2.75, 3.05) is 5.32 Å². The molecule has 0 radical (unpaired) electrons. The van der Waals surface area contributed by atoms with Gasteiger partial charge in [0, 0.05) is 16.9 Å². The van der Waals surface area contributed by atoms with E-state index in [9.17, 15) is 13.2 Å². The molecule has 0 bridgehead atoms. The molecule has 0 fully saturated rings. The zero-order chi connectivity index (χ0) is 16.0. The molecule has 9 heteroatoms. The van der Waals surface area contributed by atoms with Crippen LogP contribution in [0.15, 0.2) is 27.8 Å². The maximum absolute atomic E-state index is 12.4. The van der Waals surface area contributed by atoms with Crippen molar-refractivity contribution < 1.29 is 23.1 Å². The summed E-state index contributed by atoms with van der Waals surface area (Å²) in [5.74, 6) is -0.361. The Morgan fingerprint density at radius 3 is 2.71 bits per heavy atom. The van der Waals surface area contributed by atoms with Gasteiger partial charge in [-0.3, -0.25) is 0 Å². The Labute approximate surface area is 128 Å². The Balaban J connectivity index is 2.95. The van der Waals surface area contributed by atoms with Crippen LogP contribution in [0.3, 0.4) is 0 Å². The number of benzene rings is 1. The topological polar surface area (TPSA) is 79.9 Å². The molecule has 4 N–H and O–H groups in total. The van der Waals surface area contributed by atoms with Crippen molar-refractivity contribution >= 4 is 27.5 Å². The number of hydrogen-bond donors (Lipinski definition) is 3. The quantitative estimate of drug-likeness (QED) is 0.309. The van der Waals surface area contributed by atoms with Gasteiger partial charge < -0.3 is 21.0 Å². The first-order valence-corrected chi connectivity index (χ1v) is 6.82. The summed E-state index contributed by atoms with van der Waals surface area (Å²) < 4.78 is 41.6. The predicted molar refractivity (Wildman–Crippen MR) is 76.6 cm³/mol. The Morgan fingerprint density at radius 1 is 1.52 bits per heavy atom. The Morgan fingerprint density at radius 2 is 2.19 bits per heavy atom. The number of amidine groups is 1. The minimum atomic E-state index is -4.79. The molecule has 0 saturated carbocycles. The molecule has 1 atom stereocenters. The molecule has 0 aliphatic carbocycles. The number of oxime groups is 1. The van der Waals surface area contributed by atoms with Crippen LogP contribution in [0.1, 0.15) is 19.8 Å². The first-order valence-electron chi connectivity index (χ1n) is 6.03. The summed E-state index contributed by atoms with van der Waals surface area (Å²) in [6, 6.07) is 3.96. The molecule has 1 unspecified atom stereocenters.